The number of halogens is 1. The summed E-state index contributed by atoms with van der Waals surface area (Å²) in [6.07, 6.45) is 1.75. The number of ether oxygens (including phenoxy) is 2. The average molecular weight is 288 g/mol. The van der Waals surface area contributed by atoms with Gasteiger partial charge in [0.15, 0.2) is 0 Å². The van der Waals surface area contributed by atoms with Crippen LogP contribution in [0.3, 0.4) is 0 Å². The van der Waals surface area contributed by atoms with Gasteiger partial charge in [0.2, 0.25) is 5.88 Å². The molecule has 0 spiro atoms. The van der Waals surface area contributed by atoms with Gasteiger partial charge in [0, 0.05) is 16.7 Å². The van der Waals surface area contributed by atoms with Crippen LogP contribution in [0.2, 0.25) is 0 Å². The lowest BCUT2D eigenvalue weighted by atomic mass is 10.2. The van der Waals surface area contributed by atoms with Crippen LogP contribution in [0, 0.1) is 6.92 Å². The Morgan fingerprint density at radius 3 is 2.56 bits per heavy atom. The van der Waals surface area contributed by atoms with Gasteiger partial charge in [0.1, 0.15) is 6.61 Å². The van der Waals surface area contributed by atoms with Crippen LogP contribution in [-0.2, 0) is 4.74 Å². The molecule has 1 heterocycles. The van der Waals surface area contributed by atoms with Gasteiger partial charge in [-0.05, 0) is 49.2 Å². The second-order valence-electron chi connectivity index (χ2n) is 4.58. The Hall–Kier alpha value is -0.610. The minimum absolute atomic E-state index is 0.119. The van der Waals surface area contributed by atoms with Gasteiger partial charge in [0.05, 0.1) is 12.2 Å². The van der Waals surface area contributed by atoms with E-state index in [1.807, 2.05) is 33.8 Å². The van der Waals surface area contributed by atoms with Crippen molar-refractivity contribution in [2.45, 2.75) is 33.3 Å². The number of aryl methyl sites for hydroxylation is 1. The summed E-state index contributed by atoms with van der Waals surface area (Å²) < 4.78 is 12.0. The fourth-order valence-corrected chi connectivity index (χ4v) is 1.30. The van der Waals surface area contributed by atoms with E-state index in [1.54, 1.807) is 6.20 Å². The topological polar surface area (TPSA) is 31.4 Å². The second-order valence-corrected chi connectivity index (χ2v) is 5.44. The number of rotatable bonds is 4. The highest BCUT2D eigenvalue weighted by Gasteiger charge is 2.09. The smallest absolute Gasteiger partial charge is 0.213 e. The van der Waals surface area contributed by atoms with E-state index < -0.39 is 0 Å². The summed E-state index contributed by atoms with van der Waals surface area (Å²) in [5, 5.41) is 0. The molecule has 0 saturated carbocycles. The van der Waals surface area contributed by atoms with Crippen molar-refractivity contribution in [3.8, 4) is 5.88 Å². The highest BCUT2D eigenvalue weighted by molar-refractivity contribution is 9.10. The number of hydrogen-bond donors (Lipinski definition) is 0. The van der Waals surface area contributed by atoms with Gasteiger partial charge in [-0.1, -0.05) is 0 Å². The van der Waals surface area contributed by atoms with Gasteiger partial charge in [-0.15, -0.1) is 0 Å². The first kappa shape index (κ1) is 13.5. The maximum atomic E-state index is 5.54. The van der Waals surface area contributed by atoms with Crippen LogP contribution >= 0.6 is 15.9 Å². The zero-order valence-electron chi connectivity index (χ0n) is 10.2. The fourth-order valence-electron chi connectivity index (χ4n) is 1.09. The Labute approximate surface area is 105 Å². The summed E-state index contributed by atoms with van der Waals surface area (Å²) in [7, 11) is 0. The largest absolute Gasteiger partial charge is 0.475 e. The highest BCUT2D eigenvalue weighted by Crippen LogP contribution is 2.18. The van der Waals surface area contributed by atoms with Crippen molar-refractivity contribution in [1.82, 2.24) is 4.98 Å². The first-order valence-electron chi connectivity index (χ1n) is 5.27. The van der Waals surface area contributed by atoms with Crippen LogP contribution in [0.4, 0.5) is 0 Å². The Morgan fingerprint density at radius 2 is 2.00 bits per heavy atom. The molecule has 0 aromatic carbocycles. The van der Waals surface area contributed by atoms with Crippen molar-refractivity contribution >= 4 is 15.9 Å². The summed E-state index contributed by atoms with van der Waals surface area (Å²) >= 11 is 3.39. The fraction of sp³-hybridized carbons (Fsp3) is 0.583. The quantitative estimate of drug-likeness (QED) is 0.796. The molecule has 0 amide bonds. The molecule has 0 bridgehead atoms. The van der Waals surface area contributed by atoms with Crippen molar-refractivity contribution in [3.05, 3.63) is 22.3 Å². The average Bonchev–Trinajstić information content (AvgIpc) is 2.17. The molecule has 1 aromatic heterocycles. The maximum Gasteiger partial charge on any atom is 0.213 e. The Balaban J connectivity index is 2.35. The lowest BCUT2D eigenvalue weighted by molar-refractivity contribution is -0.0168. The van der Waals surface area contributed by atoms with E-state index in [-0.39, 0.29) is 5.60 Å². The predicted molar refractivity (Wildman–Crippen MR) is 67.9 cm³/mol. The number of pyridine rings is 1. The number of nitrogens with zero attached hydrogens (tertiary/aromatic N) is 1. The molecule has 0 aliphatic rings. The molecule has 0 aliphatic carbocycles. The molecule has 0 N–H and O–H groups in total. The first-order chi connectivity index (χ1) is 7.38. The van der Waals surface area contributed by atoms with E-state index in [1.165, 1.54) is 0 Å². The van der Waals surface area contributed by atoms with Crippen molar-refractivity contribution in [2.75, 3.05) is 13.2 Å². The summed E-state index contributed by atoms with van der Waals surface area (Å²) in [5.41, 5.74) is 0.994. The van der Waals surface area contributed by atoms with E-state index in [2.05, 4.69) is 20.9 Å². The number of hydrogen-bond acceptors (Lipinski definition) is 3. The Kier molecular flexibility index (Phi) is 4.74. The molecule has 0 saturated heterocycles. The predicted octanol–water partition coefficient (Wildman–Crippen LogP) is 3.35. The normalized spacial score (nSPS) is 11.6. The van der Waals surface area contributed by atoms with Gasteiger partial charge in [0.25, 0.3) is 0 Å². The van der Waals surface area contributed by atoms with E-state index in [4.69, 9.17) is 9.47 Å². The minimum Gasteiger partial charge on any atom is -0.475 e. The van der Waals surface area contributed by atoms with Crippen molar-refractivity contribution in [1.29, 1.82) is 0 Å². The van der Waals surface area contributed by atoms with E-state index in [0.717, 1.165) is 10.0 Å². The zero-order chi connectivity index (χ0) is 12.2. The van der Waals surface area contributed by atoms with Crippen LogP contribution in [0.1, 0.15) is 26.3 Å². The van der Waals surface area contributed by atoms with Gasteiger partial charge < -0.3 is 9.47 Å². The molecule has 1 rings (SSSR count). The van der Waals surface area contributed by atoms with E-state index in [0.29, 0.717) is 19.1 Å². The molecule has 1 aromatic rings. The molecule has 3 nitrogen and oxygen atoms in total. The molecule has 0 atom stereocenters. The third kappa shape index (κ3) is 4.94. The highest BCUT2D eigenvalue weighted by atomic mass is 79.9. The first-order valence-corrected chi connectivity index (χ1v) is 6.07. The van der Waals surface area contributed by atoms with Crippen LogP contribution in [0.15, 0.2) is 16.7 Å². The van der Waals surface area contributed by atoms with Gasteiger partial charge in [-0.2, -0.15) is 0 Å². The summed E-state index contributed by atoms with van der Waals surface area (Å²) in [4.78, 5) is 4.15. The third-order valence-electron chi connectivity index (χ3n) is 1.89. The molecule has 0 radical (unpaired) electrons. The second kappa shape index (κ2) is 5.64. The third-order valence-corrected chi connectivity index (χ3v) is 2.72. The Morgan fingerprint density at radius 1 is 1.31 bits per heavy atom. The van der Waals surface area contributed by atoms with Crippen molar-refractivity contribution in [3.63, 3.8) is 0 Å². The maximum absolute atomic E-state index is 5.54. The van der Waals surface area contributed by atoms with Crippen LogP contribution in [-0.4, -0.2) is 23.8 Å². The van der Waals surface area contributed by atoms with Gasteiger partial charge in [-0.25, -0.2) is 4.98 Å². The van der Waals surface area contributed by atoms with Gasteiger partial charge >= 0.3 is 0 Å². The van der Waals surface area contributed by atoms with Gasteiger partial charge in [-0.3, -0.25) is 0 Å². The zero-order valence-corrected chi connectivity index (χ0v) is 11.8. The van der Waals surface area contributed by atoms with Crippen LogP contribution < -0.4 is 4.74 Å². The molecular weight excluding hydrogens is 270 g/mol. The number of aromatic nitrogens is 1. The molecule has 0 unspecified atom stereocenters. The van der Waals surface area contributed by atoms with Crippen molar-refractivity contribution in [2.24, 2.45) is 0 Å². The summed E-state index contributed by atoms with van der Waals surface area (Å²) in [6.45, 7) is 9.16. The molecule has 0 fully saturated rings. The molecule has 4 heteroatoms. The van der Waals surface area contributed by atoms with Crippen LogP contribution in [0.25, 0.3) is 0 Å². The molecular formula is C12H18BrNO2. The monoisotopic (exact) mass is 287 g/mol. The van der Waals surface area contributed by atoms with E-state index in [9.17, 15) is 0 Å². The molecule has 16 heavy (non-hydrogen) atoms. The van der Waals surface area contributed by atoms with Crippen LogP contribution in [0.5, 0.6) is 5.88 Å². The minimum atomic E-state index is -0.119. The Bertz CT molecular complexity index is 347. The van der Waals surface area contributed by atoms with Crippen molar-refractivity contribution < 1.29 is 9.47 Å². The lowest BCUT2D eigenvalue weighted by Crippen LogP contribution is -2.22. The standard InChI is InChI=1S/C12H18BrNO2/c1-9-7-11(14-8-10(9)13)15-5-6-16-12(2,3)4/h7-8H,5-6H2,1-4H3. The van der Waals surface area contributed by atoms with E-state index >= 15 is 0 Å². The molecule has 90 valence electrons. The summed E-state index contributed by atoms with van der Waals surface area (Å²) in [6, 6.07) is 1.90. The molecule has 0 aliphatic heterocycles. The SMILES string of the molecule is Cc1cc(OCCOC(C)(C)C)ncc1Br. The summed E-state index contributed by atoms with van der Waals surface area (Å²) in [5.74, 6) is 0.637. The lowest BCUT2D eigenvalue weighted by Gasteiger charge is -2.19.